The molecule has 0 spiro atoms. The molecule has 1 aliphatic heterocycles. The summed E-state index contributed by atoms with van der Waals surface area (Å²) >= 11 is 1.13. The molecule has 3 heterocycles. The van der Waals surface area contributed by atoms with Crippen molar-refractivity contribution in [3.63, 3.8) is 0 Å². The second-order valence-electron chi connectivity index (χ2n) is 8.89. The van der Waals surface area contributed by atoms with Gasteiger partial charge in [-0.15, -0.1) is 0 Å². The fourth-order valence-electron chi connectivity index (χ4n) is 4.68. The topological polar surface area (TPSA) is 135 Å². The van der Waals surface area contributed by atoms with E-state index in [1.807, 2.05) is 0 Å². The van der Waals surface area contributed by atoms with E-state index in [1.54, 1.807) is 68.5 Å². The maximum absolute atomic E-state index is 13.9. The second kappa shape index (κ2) is 11.3. The van der Waals surface area contributed by atoms with Crippen LogP contribution in [0.2, 0.25) is 0 Å². The molecule has 1 aliphatic rings. The quantitative estimate of drug-likeness (QED) is 0.175. The number of ether oxygens (including phenoxy) is 3. The monoisotopic (exact) mass is 575 g/mol. The van der Waals surface area contributed by atoms with Crippen LogP contribution in [-0.2, 0) is 9.53 Å². The molecule has 5 rings (SSSR count). The molecule has 2 aromatic heterocycles. The van der Waals surface area contributed by atoms with Crippen molar-refractivity contribution < 1.29 is 28.3 Å². The van der Waals surface area contributed by atoms with Gasteiger partial charge < -0.3 is 18.6 Å². The third-order valence-electron chi connectivity index (χ3n) is 6.52. The van der Waals surface area contributed by atoms with Gasteiger partial charge in [0, 0.05) is 23.8 Å². The normalized spacial score (nSPS) is 14.8. The smallest absolute Gasteiger partial charge is 0.338 e. The Morgan fingerprint density at radius 2 is 1.95 bits per heavy atom. The van der Waals surface area contributed by atoms with Crippen LogP contribution in [0.25, 0.3) is 17.4 Å². The first kappa shape index (κ1) is 27.6. The molecule has 12 heteroatoms. The van der Waals surface area contributed by atoms with E-state index in [-0.39, 0.29) is 23.6 Å². The summed E-state index contributed by atoms with van der Waals surface area (Å²) in [6, 6.07) is 13.7. The summed E-state index contributed by atoms with van der Waals surface area (Å²) in [5.41, 5.74) is 0.995. The third-order valence-corrected chi connectivity index (χ3v) is 7.50. The van der Waals surface area contributed by atoms with Gasteiger partial charge in [-0.1, -0.05) is 23.5 Å². The minimum absolute atomic E-state index is 0.0943. The number of carbonyl (C=O) groups excluding carboxylic acids is 1. The first-order valence-corrected chi connectivity index (χ1v) is 13.3. The van der Waals surface area contributed by atoms with Gasteiger partial charge in [0.2, 0.25) is 0 Å². The van der Waals surface area contributed by atoms with Gasteiger partial charge in [0.25, 0.3) is 11.2 Å². The zero-order valence-corrected chi connectivity index (χ0v) is 23.4. The number of nitrogens with zero attached hydrogens (tertiary/aromatic N) is 3. The van der Waals surface area contributed by atoms with Crippen LogP contribution in [0.15, 0.2) is 80.1 Å². The van der Waals surface area contributed by atoms with Crippen molar-refractivity contribution in [3.8, 4) is 22.8 Å². The van der Waals surface area contributed by atoms with Gasteiger partial charge in [-0.25, -0.2) is 9.79 Å². The van der Waals surface area contributed by atoms with Gasteiger partial charge >= 0.3 is 5.97 Å². The molecule has 0 unspecified atom stereocenters. The Balaban J connectivity index is 1.67. The SMILES string of the molecule is CCOC(=O)C1=C(C)N=c2s/c(=C\c3ccc(-c4ccccc4[N+](=O)[O-])o3)c(=O)n2[C@@H]1c1ccc(OC)cc1OC. The van der Waals surface area contributed by atoms with Crippen molar-refractivity contribution in [2.45, 2.75) is 19.9 Å². The van der Waals surface area contributed by atoms with E-state index in [0.29, 0.717) is 43.4 Å². The van der Waals surface area contributed by atoms with Crippen molar-refractivity contribution in [1.29, 1.82) is 0 Å². The van der Waals surface area contributed by atoms with Crippen molar-refractivity contribution in [2.75, 3.05) is 20.8 Å². The van der Waals surface area contributed by atoms with E-state index in [0.717, 1.165) is 11.3 Å². The molecule has 0 fully saturated rings. The van der Waals surface area contributed by atoms with Crippen LogP contribution in [-0.4, -0.2) is 36.3 Å². The molecule has 2 aromatic carbocycles. The molecule has 4 aromatic rings. The molecule has 11 nitrogen and oxygen atoms in total. The Hall–Kier alpha value is -4.97. The van der Waals surface area contributed by atoms with E-state index in [1.165, 1.54) is 24.9 Å². The highest BCUT2D eigenvalue weighted by molar-refractivity contribution is 7.07. The highest BCUT2D eigenvalue weighted by atomic mass is 32.1. The number of methoxy groups -OCH3 is 2. The Kier molecular flexibility index (Phi) is 7.58. The predicted octanol–water partition coefficient (Wildman–Crippen LogP) is 3.98. The maximum Gasteiger partial charge on any atom is 0.338 e. The Labute approximate surface area is 237 Å². The zero-order chi connectivity index (χ0) is 29.3. The van der Waals surface area contributed by atoms with E-state index in [9.17, 15) is 19.7 Å². The van der Waals surface area contributed by atoms with E-state index in [2.05, 4.69) is 4.99 Å². The standard InChI is InChI=1S/C29H25N3O8S/c1-5-39-28(34)25-16(2)30-29-31(26(25)20-12-10-17(37-3)14-23(20)38-4)27(33)24(41-29)15-18-11-13-22(40-18)19-8-6-7-9-21(19)32(35)36/h6-15,26H,5H2,1-4H3/b24-15-/t26-/m1/s1. The number of aromatic nitrogens is 1. The lowest BCUT2D eigenvalue weighted by atomic mass is 9.95. The lowest BCUT2D eigenvalue weighted by molar-refractivity contribution is -0.384. The number of esters is 1. The lowest BCUT2D eigenvalue weighted by Crippen LogP contribution is -2.40. The molecular formula is C29H25N3O8S. The van der Waals surface area contributed by atoms with Gasteiger partial charge in [-0.3, -0.25) is 19.5 Å². The molecule has 210 valence electrons. The van der Waals surface area contributed by atoms with Gasteiger partial charge in [-0.2, -0.15) is 0 Å². The number of allylic oxidation sites excluding steroid dienone is 1. The number of nitro groups is 1. The number of nitro benzene ring substituents is 1. The van der Waals surface area contributed by atoms with E-state index >= 15 is 0 Å². The molecule has 0 saturated carbocycles. The fraction of sp³-hybridized carbons (Fsp3) is 0.207. The van der Waals surface area contributed by atoms with Crippen molar-refractivity contribution in [1.82, 2.24) is 4.57 Å². The Bertz CT molecular complexity index is 1880. The Morgan fingerprint density at radius 3 is 2.66 bits per heavy atom. The highest BCUT2D eigenvalue weighted by Crippen LogP contribution is 2.37. The van der Waals surface area contributed by atoms with Crippen LogP contribution in [0.5, 0.6) is 11.5 Å². The summed E-state index contributed by atoms with van der Waals surface area (Å²) in [4.78, 5) is 43.0. The van der Waals surface area contributed by atoms with Crippen LogP contribution in [0.1, 0.15) is 31.2 Å². The molecule has 0 amide bonds. The first-order chi connectivity index (χ1) is 19.8. The summed E-state index contributed by atoms with van der Waals surface area (Å²) < 4.78 is 23.9. The van der Waals surface area contributed by atoms with Gasteiger partial charge in [0.15, 0.2) is 4.80 Å². The number of fused-ring (bicyclic) bond motifs is 1. The number of hydrogen-bond donors (Lipinski definition) is 0. The average Bonchev–Trinajstić information content (AvgIpc) is 3.56. The third kappa shape index (κ3) is 5.05. The summed E-state index contributed by atoms with van der Waals surface area (Å²) in [5.74, 6) is 0.983. The van der Waals surface area contributed by atoms with Crippen molar-refractivity contribution >= 4 is 29.1 Å². The number of furan rings is 1. The van der Waals surface area contributed by atoms with Gasteiger partial charge in [-0.05, 0) is 44.2 Å². The minimum Gasteiger partial charge on any atom is -0.497 e. The van der Waals surface area contributed by atoms with Crippen LogP contribution in [0, 0.1) is 10.1 Å². The van der Waals surface area contributed by atoms with E-state index < -0.39 is 22.5 Å². The molecular weight excluding hydrogens is 550 g/mol. The molecule has 0 bridgehead atoms. The number of hydrogen-bond acceptors (Lipinski definition) is 10. The predicted molar refractivity (Wildman–Crippen MR) is 151 cm³/mol. The number of para-hydroxylation sites is 1. The van der Waals surface area contributed by atoms with Gasteiger partial charge in [0.1, 0.15) is 29.1 Å². The number of carbonyl (C=O) groups is 1. The second-order valence-corrected chi connectivity index (χ2v) is 9.90. The summed E-state index contributed by atoms with van der Waals surface area (Å²) in [6.45, 7) is 3.54. The number of benzene rings is 2. The van der Waals surface area contributed by atoms with E-state index in [4.69, 9.17) is 18.6 Å². The fourth-order valence-corrected chi connectivity index (χ4v) is 5.70. The molecule has 1 atom stereocenters. The largest absolute Gasteiger partial charge is 0.497 e. The zero-order valence-electron chi connectivity index (χ0n) is 22.6. The van der Waals surface area contributed by atoms with Crippen LogP contribution in [0.3, 0.4) is 0 Å². The molecule has 0 radical (unpaired) electrons. The molecule has 0 N–H and O–H groups in total. The van der Waals surface area contributed by atoms with Crippen LogP contribution in [0.4, 0.5) is 5.69 Å². The van der Waals surface area contributed by atoms with Crippen LogP contribution >= 0.6 is 11.3 Å². The van der Waals surface area contributed by atoms with Crippen molar-refractivity contribution in [2.24, 2.45) is 4.99 Å². The van der Waals surface area contributed by atoms with Crippen molar-refractivity contribution in [3.05, 3.63) is 107 Å². The number of thiazole rings is 1. The highest BCUT2D eigenvalue weighted by Gasteiger charge is 2.35. The summed E-state index contributed by atoms with van der Waals surface area (Å²) in [5, 5.41) is 11.5. The lowest BCUT2D eigenvalue weighted by Gasteiger charge is -2.26. The molecule has 0 saturated heterocycles. The van der Waals surface area contributed by atoms with Gasteiger partial charge in [0.05, 0.1) is 47.1 Å². The summed E-state index contributed by atoms with van der Waals surface area (Å²) in [6.07, 6.45) is 1.55. The maximum atomic E-state index is 13.9. The summed E-state index contributed by atoms with van der Waals surface area (Å²) in [7, 11) is 3.02. The minimum atomic E-state index is -0.882. The average molecular weight is 576 g/mol. The Morgan fingerprint density at radius 1 is 1.17 bits per heavy atom. The molecule has 0 aliphatic carbocycles. The first-order valence-electron chi connectivity index (χ1n) is 12.5. The van der Waals surface area contributed by atoms with Crippen LogP contribution < -0.4 is 24.4 Å². The molecule has 41 heavy (non-hydrogen) atoms. The number of rotatable bonds is 8.